The first-order valence-corrected chi connectivity index (χ1v) is 12.3. The van der Waals surface area contributed by atoms with Crippen LogP contribution >= 0.6 is 0 Å². The summed E-state index contributed by atoms with van der Waals surface area (Å²) in [5.41, 5.74) is 1.39. The largest absolute Gasteiger partial charge is 0.494 e. The number of rotatable bonds is 18. The summed E-state index contributed by atoms with van der Waals surface area (Å²) < 4.78 is 15.8. The third-order valence-corrected chi connectivity index (χ3v) is 5.53. The van der Waals surface area contributed by atoms with Gasteiger partial charge in [-0.2, -0.15) is 0 Å². The Balaban J connectivity index is 2.23. The number of carbonyl (C=O) groups is 2. The van der Waals surface area contributed by atoms with Gasteiger partial charge >= 0.3 is 11.9 Å². The number of benzene rings is 1. The average molecular weight is 459 g/mol. The first kappa shape index (κ1) is 28.5. The highest BCUT2D eigenvalue weighted by Gasteiger charge is 2.12. The van der Waals surface area contributed by atoms with Crippen molar-refractivity contribution in [2.75, 3.05) is 20.3 Å². The summed E-state index contributed by atoms with van der Waals surface area (Å²) in [6, 6.07) is 7.64. The molecule has 0 bridgehead atoms. The second-order valence-electron chi connectivity index (χ2n) is 8.57. The normalized spacial score (nSPS) is 11.8. The van der Waals surface area contributed by atoms with Crippen molar-refractivity contribution in [2.24, 2.45) is 5.92 Å². The first-order chi connectivity index (χ1) is 16.0. The van der Waals surface area contributed by atoms with Crippen LogP contribution in [0.5, 0.6) is 5.75 Å². The lowest BCUT2D eigenvalue weighted by Gasteiger charge is -2.17. The predicted molar refractivity (Wildman–Crippen MR) is 134 cm³/mol. The van der Waals surface area contributed by atoms with Gasteiger partial charge in [-0.15, -0.1) is 0 Å². The molecule has 0 amide bonds. The third kappa shape index (κ3) is 14.3. The summed E-state index contributed by atoms with van der Waals surface area (Å²) in [6.07, 6.45) is 14.7. The van der Waals surface area contributed by atoms with Gasteiger partial charge in [0, 0.05) is 11.6 Å². The van der Waals surface area contributed by atoms with Crippen LogP contribution in [0.4, 0.5) is 0 Å². The summed E-state index contributed by atoms with van der Waals surface area (Å²) >= 11 is 0. The number of unbranched alkanes of at least 4 members (excludes halogenated alkanes) is 6. The topological polar surface area (TPSA) is 61.8 Å². The maximum absolute atomic E-state index is 11.7. The van der Waals surface area contributed by atoms with Gasteiger partial charge in [-0.05, 0) is 55.9 Å². The summed E-state index contributed by atoms with van der Waals surface area (Å²) in [7, 11) is 1.36. The Bertz CT molecular complexity index is 720. The summed E-state index contributed by atoms with van der Waals surface area (Å²) in [4.78, 5) is 22.9. The van der Waals surface area contributed by atoms with Crippen molar-refractivity contribution in [3.05, 3.63) is 48.1 Å². The van der Waals surface area contributed by atoms with Crippen LogP contribution in [0.15, 0.2) is 42.5 Å². The highest BCUT2D eigenvalue weighted by molar-refractivity contribution is 5.87. The van der Waals surface area contributed by atoms with Gasteiger partial charge in [0.15, 0.2) is 0 Å². The Morgan fingerprint density at radius 3 is 2.21 bits per heavy atom. The molecule has 1 rings (SSSR count). The number of hydrogen-bond donors (Lipinski definition) is 0. The second-order valence-corrected chi connectivity index (χ2v) is 8.57. The van der Waals surface area contributed by atoms with Crippen molar-refractivity contribution < 1.29 is 23.8 Å². The molecule has 0 aliphatic rings. The minimum absolute atomic E-state index is 0.279. The van der Waals surface area contributed by atoms with E-state index in [1.165, 1.54) is 38.9 Å². The molecule has 1 unspecified atom stereocenters. The molecule has 5 heteroatoms. The highest BCUT2D eigenvalue weighted by Crippen LogP contribution is 2.20. The fourth-order valence-electron chi connectivity index (χ4n) is 3.47. The molecular weight excluding hydrogens is 416 g/mol. The Morgan fingerprint density at radius 2 is 1.61 bits per heavy atom. The molecule has 0 fully saturated rings. The van der Waals surface area contributed by atoms with E-state index in [9.17, 15) is 9.59 Å². The van der Waals surface area contributed by atoms with Crippen molar-refractivity contribution in [3.63, 3.8) is 0 Å². The van der Waals surface area contributed by atoms with Crippen LogP contribution in [-0.2, 0) is 19.1 Å². The van der Waals surface area contributed by atoms with Crippen molar-refractivity contribution in [1.82, 2.24) is 0 Å². The van der Waals surface area contributed by atoms with Crippen molar-refractivity contribution in [1.29, 1.82) is 0 Å². The fraction of sp³-hybridized carbons (Fsp3) is 0.571. The predicted octanol–water partition coefficient (Wildman–Crippen LogP) is 6.91. The molecule has 0 heterocycles. The third-order valence-electron chi connectivity index (χ3n) is 5.53. The molecule has 0 aromatic heterocycles. The van der Waals surface area contributed by atoms with Crippen LogP contribution in [0.1, 0.15) is 83.6 Å². The van der Waals surface area contributed by atoms with E-state index in [1.54, 1.807) is 13.0 Å². The van der Waals surface area contributed by atoms with E-state index in [1.807, 2.05) is 24.3 Å². The molecule has 0 saturated carbocycles. The van der Waals surface area contributed by atoms with E-state index in [2.05, 4.69) is 18.2 Å². The monoisotopic (exact) mass is 458 g/mol. The van der Waals surface area contributed by atoms with Crippen LogP contribution in [0.25, 0.3) is 6.08 Å². The summed E-state index contributed by atoms with van der Waals surface area (Å²) in [5, 5.41) is 0. The number of hydrogen-bond acceptors (Lipinski definition) is 5. The van der Waals surface area contributed by atoms with Gasteiger partial charge < -0.3 is 14.2 Å². The summed E-state index contributed by atoms with van der Waals surface area (Å²) in [6.45, 7) is 8.77. The lowest BCUT2D eigenvalue weighted by molar-refractivity contribution is -0.140. The minimum atomic E-state index is -0.369. The zero-order chi connectivity index (χ0) is 24.3. The van der Waals surface area contributed by atoms with Crippen molar-refractivity contribution >= 4 is 18.0 Å². The molecule has 1 aromatic rings. The van der Waals surface area contributed by atoms with Crippen LogP contribution in [0.3, 0.4) is 0 Å². The Kier molecular flexibility index (Phi) is 15.5. The van der Waals surface area contributed by atoms with Crippen LogP contribution in [0.2, 0.25) is 0 Å². The van der Waals surface area contributed by atoms with E-state index in [-0.39, 0.29) is 11.9 Å². The Labute approximate surface area is 200 Å². The lowest BCUT2D eigenvalue weighted by Crippen LogP contribution is -2.15. The first-order valence-electron chi connectivity index (χ1n) is 12.3. The van der Waals surface area contributed by atoms with E-state index in [0.717, 1.165) is 49.8 Å². The van der Waals surface area contributed by atoms with Gasteiger partial charge in [-0.1, -0.05) is 70.6 Å². The zero-order valence-corrected chi connectivity index (χ0v) is 20.8. The molecule has 0 saturated heterocycles. The van der Waals surface area contributed by atoms with E-state index in [0.29, 0.717) is 24.7 Å². The van der Waals surface area contributed by atoms with Crippen LogP contribution in [-0.4, -0.2) is 32.3 Å². The van der Waals surface area contributed by atoms with Crippen LogP contribution in [0, 0.1) is 5.92 Å². The van der Waals surface area contributed by atoms with Gasteiger partial charge in [0.05, 0.1) is 20.3 Å². The average Bonchev–Trinajstić information content (AvgIpc) is 2.82. The Morgan fingerprint density at radius 1 is 0.970 bits per heavy atom. The van der Waals surface area contributed by atoms with Gasteiger partial charge in [-0.25, -0.2) is 9.59 Å². The number of esters is 2. The molecule has 184 valence electrons. The standard InChI is InChI=1S/C28H42O5/c1-5-6-7-10-13-25(22-33-28(30)23(2)3)14-11-8-9-12-21-32-26-18-15-24(16-19-26)17-20-27(29)31-4/h15-20,25H,2,5-14,21-22H2,1,3-4H3. The van der Waals surface area contributed by atoms with E-state index < -0.39 is 0 Å². The molecule has 0 aliphatic carbocycles. The quantitative estimate of drug-likeness (QED) is 0.136. The molecule has 5 nitrogen and oxygen atoms in total. The maximum atomic E-state index is 11.7. The number of methoxy groups -OCH3 is 1. The van der Waals surface area contributed by atoms with Gasteiger partial charge in [0.25, 0.3) is 0 Å². The zero-order valence-electron chi connectivity index (χ0n) is 20.8. The maximum Gasteiger partial charge on any atom is 0.333 e. The van der Waals surface area contributed by atoms with Crippen LogP contribution < -0.4 is 4.74 Å². The molecule has 0 aliphatic heterocycles. The van der Waals surface area contributed by atoms with Crippen molar-refractivity contribution in [2.45, 2.75) is 78.1 Å². The molecular formula is C28H42O5. The fourth-order valence-corrected chi connectivity index (χ4v) is 3.47. The molecule has 1 atom stereocenters. The van der Waals surface area contributed by atoms with Gasteiger partial charge in [-0.3, -0.25) is 0 Å². The van der Waals surface area contributed by atoms with Gasteiger partial charge in [0.1, 0.15) is 5.75 Å². The highest BCUT2D eigenvalue weighted by atomic mass is 16.5. The minimum Gasteiger partial charge on any atom is -0.494 e. The van der Waals surface area contributed by atoms with Crippen molar-refractivity contribution in [3.8, 4) is 5.75 Å². The lowest BCUT2D eigenvalue weighted by atomic mass is 9.95. The molecule has 33 heavy (non-hydrogen) atoms. The van der Waals surface area contributed by atoms with E-state index >= 15 is 0 Å². The smallest absolute Gasteiger partial charge is 0.333 e. The van der Waals surface area contributed by atoms with Gasteiger partial charge in [0.2, 0.25) is 0 Å². The SMILES string of the molecule is C=C(C)C(=O)OCC(CCCCCC)CCCCCCOc1ccc(C=CC(=O)OC)cc1. The number of carbonyl (C=O) groups excluding carboxylic acids is 2. The second kappa shape index (κ2) is 17.9. The Hall–Kier alpha value is -2.56. The molecule has 0 radical (unpaired) electrons. The molecule has 1 aromatic carbocycles. The molecule has 0 spiro atoms. The summed E-state index contributed by atoms with van der Waals surface area (Å²) in [5.74, 6) is 0.620. The number of ether oxygens (including phenoxy) is 3. The van der Waals surface area contributed by atoms with E-state index in [4.69, 9.17) is 9.47 Å². The molecule has 0 N–H and O–H groups in total.